The second-order valence-electron chi connectivity index (χ2n) is 6.70. The summed E-state index contributed by atoms with van der Waals surface area (Å²) in [4.78, 5) is 3.86. The van der Waals surface area contributed by atoms with E-state index in [0.29, 0.717) is 6.61 Å². The average molecular weight is 406 g/mol. The maximum atomic E-state index is 10.3. The summed E-state index contributed by atoms with van der Waals surface area (Å²) in [5.74, 6) is 0.793. The van der Waals surface area contributed by atoms with Crippen molar-refractivity contribution in [2.24, 2.45) is 0 Å². The van der Waals surface area contributed by atoms with E-state index in [0.717, 1.165) is 42.9 Å². The maximum absolute atomic E-state index is 10.3. The quantitative estimate of drug-likeness (QED) is 0.770. The number of aryl methyl sites for hydroxylation is 1. The highest BCUT2D eigenvalue weighted by Gasteiger charge is 2.22. The molecule has 3 rings (SSSR count). The van der Waals surface area contributed by atoms with Crippen LogP contribution >= 0.6 is 15.9 Å². The number of ether oxygens (including phenoxy) is 1. The molecular weight excluding hydrogens is 380 g/mol. The zero-order valence-corrected chi connectivity index (χ0v) is 16.2. The number of hydrogen-bond donors (Lipinski definition) is 2. The fourth-order valence-corrected chi connectivity index (χ4v) is 3.42. The predicted molar refractivity (Wildman–Crippen MR) is 105 cm³/mol. The summed E-state index contributed by atoms with van der Waals surface area (Å²) in [6.45, 7) is 7.33. The van der Waals surface area contributed by atoms with E-state index in [1.165, 1.54) is 16.2 Å². The van der Waals surface area contributed by atoms with Crippen LogP contribution in [0.25, 0.3) is 0 Å². The number of aliphatic hydroxyl groups excluding tert-OH is 1. The summed E-state index contributed by atoms with van der Waals surface area (Å²) in [7, 11) is 0. The third kappa shape index (κ3) is 5.46. The van der Waals surface area contributed by atoms with Crippen molar-refractivity contribution in [3.63, 3.8) is 0 Å². The summed E-state index contributed by atoms with van der Waals surface area (Å²) in [6, 6.07) is 16.4. The lowest BCUT2D eigenvalue weighted by molar-refractivity contribution is -0.903. The van der Waals surface area contributed by atoms with Crippen molar-refractivity contribution in [1.82, 2.24) is 0 Å². The van der Waals surface area contributed by atoms with Crippen molar-refractivity contribution < 1.29 is 14.7 Å². The van der Waals surface area contributed by atoms with Gasteiger partial charge in [-0.05, 0) is 43.3 Å². The molecule has 1 fully saturated rings. The van der Waals surface area contributed by atoms with Crippen LogP contribution in [0, 0.1) is 6.92 Å². The summed E-state index contributed by atoms with van der Waals surface area (Å²) in [5, 5.41) is 10.3. The van der Waals surface area contributed by atoms with E-state index in [2.05, 4.69) is 52.0 Å². The second kappa shape index (κ2) is 8.70. The molecule has 2 aromatic rings. The summed E-state index contributed by atoms with van der Waals surface area (Å²) < 4.78 is 6.70. The number of halogens is 1. The average Bonchev–Trinajstić information content (AvgIpc) is 2.63. The Morgan fingerprint density at radius 1 is 1.08 bits per heavy atom. The first-order chi connectivity index (χ1) is 12.1. The number of piperazine rings is 1. The Hall–Kier alpha value is -1.56. The molecule has 1 aliphatic rings. The molecule has 1 heterocycles. The molecule has 0 bridgehead atoms. The lowest BCUT2D eigenvalue weighted by atomic mass is 10.2. The van der Waals surface area contributed by atoms with E-state index in [-0.39, 0.29) is 0 Å². The number of nitrogens with zero attached hydrogens (tertiary/aromatic N) is 1. The number of benzene rings is 2. The van der Waals surface area contributed by atoms with Gasteiger partial charge in [-0.1, -0.05) is 33.6 Å². The first kappa shape index (κ1) is 18.2. The first-order valence-electron chi connectivity index (χ1n) is 8.82. The Balaban J connectivity index is 1.40. The van der Waals surface area contributed by atoms with Crippen molar-refractivity contribution in [2.75, 3.05) is 44.2 Å². The lowest BCUT2D eigenvalue weighted by Gasteiger charge is -2.34. The van der Waals surface area contributed by atoms with Crippen molar-refractivity contribution in [3.8, 4) is 5.75 Å². The normalized spacial score (nSPS) is 16.7. The van der Waals surface area contributed by atoms with E-state index in [1.807, 2.05) is 24.3 Å². The molecule has 134 valence electrons. The van der Waals surface area contributed by atoms with Crippen LogP contribution in [-0.2, 0) is 0 Å². The largest absolute Gasteiger partial charge is 0.491 e. The van der Waals surface area contributed by atoms with Gasteiger partial charge in [-0.3, -0.25) is 0 Å². The van der Waals surface area contributed by atoms with Crippen molar-refractivity contribution in [3.05, 3.63) is 58.6 Å². The van der Waals surface area contributed by atoms with Gasteiger partial charge in [-0.15, -0.1) is 0 Å². The number of anilines is 1. The molecule has 5 heteroatoms. The third-order valence-corrected chi connectivity index (χ3v) is 5.18. The van der Waals surface area contributed by atoms with Crippen LogP contribution in [0.3, 0.4) is 0 Å². The second-order valence-corrected chi connectivity index (χ2v) is 7.61. The van der Waals surface area contributed by atoms with Crippen LogP contribution < -0.4 is 14.5 Å². The summed E-state index contributed by atoms with van der Waals surface area (Å²) in [6.07, 6.45) is -0.440. The Bertz CT molecular complexity index is 652. The Kier molecular flexibility index (Phi) is 6.34. The molecular formula is C20H26BrN2O2+. The molecule has 1 aliphatic heterocycles. The van der Waals surface area contributed by atoms with Gasteiger partial charge in [0.2, 0.25) is 0 Å². The standard InChI is InChI=1S/C20H25BrN2O2/c1-16-2-6-18(7-3-16)23-12-10-22(11-13-23)14-19(24)15-25-20-8-4-17(21)5-9-20/h2-9,19,24H,10-15H2,1H3/p+1/t19-/m0/s1. The van der Waals surface area contributed by atoms with Crippen LogP contribution in [0.2, 0.25) is 0 Å². The fraction of sp³-hybridized carbons (Fsp3) is 0.400. The monoisotopic (exact) mass is 405 g/mol. The molecule has 1 saturated heterocycles. The minimum atomic E-state index is -0.440. The maximum Gasteiger partial charge on any atom is 0.137 e. The van der Waals surface area contributed by atoms with Gasteiger partial charge in [0, 0.05) is 10.2 Å². The number of rotatable bonds is 6. The molecule has 0 amide bonds. The molecule has 4 nitrogen and oxygen atoms in total. The van der Waals surface area contributed by atoms with Crippen molar-refractivity contribution >= 4 is 21.6 Å². The molecule has 0 spiro atoms. The smallest absolute Gasteiger partial charge is 0.137 e. The fourth-order valence-electron chi connectivity index (χ4n) is 3.16. The molecule has 0 aliphatic carbocycles. The van der Waals surface area contributed by atoms with Crippen LogP contribution in [0.1, 0.15) is 5.56 Å². The summed E-state index contributed by atoms with van der Waals surface area (Å²) in [5.41, 5.74) is 2.59. The van der Waals surface area contributed by atoms with Gasteiger partial charge in [-0.25, -0.2) is 0 Å². The Labute approximate surface area is 158 Å². The SMILES string of the molecule is Cc1ccc(N2CC[NH+](C[C@H](O)COc3ccc(Br)cc3)CC2)cc1. The molecule has 2 aromatic carbocycles. The third-order valence-electron chi connectivity index (χ3n) is 4.65. The topological polar surface area (TPSA) is 37.1 Å². The van der Waals surface area contributed by atoms with E-state index < -0.39 is 6.10 Å². The zero-order valence-electron chi connectivity index (χ0n) is 14.6. The Morgan fingerprint density at radius 3 is 2.36 bits per heavy atom. The van der Waals surface area contributed by atoms with E-state index in [4.69, 9.17) is 4.74 Å². The molecule has 1 atom stereocenters. The predicted octanol–water partition coefficient (Wildman–Crippen LogP) is 1.90. The van der Waals surface area contributed by atoms with Crippen molar-refractivity contribution in [1.29, 1.82) is 0 Å². The van der Waals surface area contributed by atoms with Gasteiger partial charge in [-0.2, -0.15) is 0 Å². The van der Waals surface area contributed by atoms with E-state index in [1.54, 1.807) is 0 Å². The van der Waals surface area contributed by atoms with Crippen LogP contribution in [0.5, 0.6) is 5.75 Å². The van der Waals surface area contributed by atoms with Gasteiger partial charge in [0.15, 0.2) is 0 Å². The van der Waals surface area contributed by atoms with Gasteiger partial charge < -0.3 is 19.6 Å². The van der Waals surface area contributed by atoms with Crippen molar-refractivity contribution in [2.45, 2.75) is 13.0 Å². The van der Waals surface area contributed by atoms with E-state index >= 15 is 0 Å². The Morgan fingerprint density at radius 2 is 1.72 bits per heavy atom. The molecule has 0 aromatic heterocycles. The van der Waals surface area contributed by atoms with Gasteiger partial charge in [0.1, 0.15) is 25.0 Å². The number of quaternary nitrogens is 1. The van der Waals surface area contributed by atoms with Gasteiger partial charge in [0.25, 0.3) is 0 Å². The highest BCUT2D eigenvalue weighted by molar-refractivity contribution is 9.10. The van der Waals surface area contributed by atoms with Gasteiger partial charge >= 0.3 is 0 Å². The molecule has 0 radical (unpaired) electrons. The lowest BCUT2D eigenvalue weighted by Crippen LogP contribution is -3.16. The van der Waals surface area contributed by atoms with Crippen LogP contribution in [0.4, 0.5) is 5.69 Å². The highest BCUT2D eigenvalue weighted by atomic mass is 79.9. The molecule has 0 saturated carbocycles. The number of nitrogens with one attached hydrogen (secondary N) is 1. The van der Waals surface area contributed by atoms with Crippen LogP contribution in [-0.4, -0.2) is 50.5 Å². The molecule has 25 heavy (non-hydrogen) atoms. The minimum Gasteiger partial charge on any atom is -0.491 e. The molecule has 0 unspecified atom stereocenters. The summed E-state index contributed by atoms with van der Waals surface area (Å²) >= 11 is 3.40. The first-order valence-corrected chi connectivity index (χ1v) is 9.61. The number of hydrogen-bond acceptors (Lipinski definition) is 3. The minimum absolute atomic E-state index is 0.340. The zero-order chi connectivity index (χ0) is 17.6. The van der Waals surface area contributed by atoms with Gasteiger partial charge in [0.05, 0.1) is 26.2 Å². The molecule has 2 N–H and O–H groups in total. The van der Waals surface area contributed by atoms with Crippen LogP contribution in [0.15, 0.2) is 53.0 Å². The highest BCUT2D eigenvalue weighted by Crippen LogP contribution is 2.16. The van der Waals surface area contributed by atoms with E-state index in [9.17, 15) is 5.11 Å². The number of aliphatic hydroxyl groups is 1.